The Bertz CT molecular complexity index is 500. The molecule has 1 N–H and O–H groups in total. The number of Topliss-reactive ketones (excluding diaryl/α,β-unsaturated/α-hetero) is 1. The summed E-state index contributed by atoms with van der Waals surface area (Å²) in [6.07, 6.45) is -4.96. The minimum atomic E-state index is -4.96. The van der Waals surface area contributed by atoms with Gasteiger partial charge in [0.25, 0.3) is 0 Å². The highest BCUT2D eigenvalue weighted by molar-refractivity contribution is 5.83. The quantitative estimate of drug-likeness (QED) is 0.819. The van der Waals surface area contributed by atoms with E-state index in [9.17, 15) is 22.4 Å². The van der Waals surface area contributed by atoms with Crippen molar-refractivity contribution in [3.05, 3.63) is 29.6 Å². The summed E-state index contributed by atoms with van der Waals surface area (Å²) in [5.74, 6) is -2.89. The van der Waals surface area contributed by atoms with Gasteiger partial charge in [0.15, 0.2) is 11.6 Å². The van der Waals surface area contributed by atoms with Crippen molar-refractivity contribution in [2.24, 2.45) is 0 Å². The Balaban J connectivity index is 2.96. The van der Waals surface area contributed by atoms with Gasteiger partial charge in [-0.2, -0.15) is 0 Å². The molecular formula is C14H17F4NO2. The molecule has 0 fully saturated rings. The molecule has 0 amide bonds. The first-order valence-electron chi connectivity index (χ1n) is 6.39. The molecule has 0 aromatic heterocycles. The third-order valence-corrected chi connectivity index (χ3v) is 2.80. The zero-order chi connectivity index (χ0) is 16.2. The van der Waals surface area contributed by atoms with Gasteiger partial charge in [0.2, 0.25) is 0 Å². The number of carbonyl (C=O) groups excluding carboxylic acids is 1. The largest absolute Gasteiger partial charge is 0.573 e. The van der Waals surface area contributed by atoms with Gasteiger partial charge >= 0.3 is 6.36 Å². The molecule has 0 saturated heterocycles. The minimum absolute atomic E-state index is 0.129. The summed E-state index contributed by atoms with van der Waals surface area (Å²) in [4.78, 5) is 11.6. The van der Waals surface area contributed by atoms with Crippen LogP contribution in [0.15, 0.2) is 18.2 Å². The summed E-state index contributed by atoms with van der Waals surface area (Å²) >= 11 is 0. The van der Waals surface area contributed by atoms with E-state index in [1.807, 2.05) is 13.8 Å². The van der Waals surface area contributed by atoms with Crippen molar-refractivity contribution in [1.82, 2.24) is 5.32 Å². The first kappa shape index (κ1) is 17.4. The highest BCUT2D eigenvalue weighted by Crippen LogP contribution is 2.28. The van der Waals surface area contributed by atoms with Gasteiger partial charge in [-0.15, -0.1) is 13.2 Å². The first-order chi connectivity index (χ1) is 9.60. The van der Waals surface area contributed by atoms with Gasteiger partial charge in [-0.3, -0.25) is 4.79 Å². The molecule has 3 nitrogen and oxygen atoms in total. The van der Waals surface area contributed by atoms with Crippen LogP contribution in [0, 0.1) is 5.82 Å². The molecule has 118 valence electrons. The smallest absolute Gasteiger partial charge is 0.403 e. The second-order valence-electron chi connectivity index (χ2n) is 4.96. The Morgan fingerprint density at radius 3 is 2.38 bits per heavy atom. The van der Waals surface area contributed by atoms with Gasteiger partial charge in [-0.1, -0.05) is 19.9 Å². The number of benzene rings is 1. The van der Waals surface area contributed by atoms with Crippen molar-refractivity contribution in [2.45, 2.75) is 39.1 Å². The average molecular weight is 307 g/mol. The Hall–Kier alpha value is -1.63. The lowest BCUT2D eigenvalue weighted by Crippen LogP contribution is -2.30. The van der Waals surface area contributed by atoms with Gasteiger partial charge in [-0.05, 0) is 24.6 Å². The van der Waals surface area contributed by atoms with Crippen LogP contribution in [0.2, 0.25) is 0 Å². The molecule has 1 aromatic carbocycles. The Morgan fingerprint density at radius 2 is 1.95 bits per heavy atom. The van der Waals surface area contributed by atoms with E-state index in [2.05, 4.69) is 10.1 Å². The zero-order valence-corrected chi connectivity index (χ0v) is 11.9. The Morgan fingerprint density at radius 1 is 1.33 bits per heavy atom. The number of rotatable bonds is 6. The van der Waals surface area contributed by atoms with Gasteiger partial charge in [0, 0.05) is 12.6 Å². The van der Waals surface area contributed by atoms with Crippen molar-refractivity contribution in [1.29, 1.82) is 0 Å². The summed E-state index contributed by atoms with van der Waals surface area (Å²) in [7, 11) is 0. The van der Waals surface area contributed by atoms with Gasteiger partial charge < -0.3 is 10.1 Å². The van der Waals surface area contributed by atoms with E-state index in [1.54, 1.807) is 0 Å². The second-order valence-corrected chi connectivity index (χ2v) is 4.96. The second kappa shape index (κ2) is 6.89. The summed E-state index contributed by atoms with van der Waals surface area (Å²) in [5.41, 5.74) is 0.308. The highest BCUT2D eigenvalue weighted by Gasteiger charge is 2.32. The molecule has 0 spiro atoms. The lowest BCUT2D eigenvalue weighted by molar-refractivity contribution is -0.275. The molecule has 0 aliphatic heterocycles. The normalized spacial score (nSPS) is 13.3. The summed E-state index contributed by atoms with van der Waals surface area (Å²) < 4.78 is 53.4. The van der Waals surface area contributed by atoms with Crippen LogP contribution in [-0.4, -0.2) is 24.7 Å². The van der Waals surface area contributed by atoms with Gasteiger partial charge in [-0.25, -0.2) is 4.39 Å². The fourth-order valence-electron chi connectivity index (χ4n) is 1.79. The molecule has 0 aliphatic rings. The van der Waals surface area contributed by atoms with Crippen molar-refractivity contribution >= 4 is 5.78 Å². The number of ketones is 1. The fourth-order valence-corrected chi connectivity index (χ4v) is 1.79. The van der Waals surface area contributed by atoms with Gasteiger partial charge in [0.1, 0.15) is 5.78 Å². The molecule has 0 bridgehead atoms. The SMILES string of the molecule is CC(=O)C(CNC(C)C)c1ccc(OC(F)(F)F)c(F)c1. The van der Waals surface area contributed by atoms with E-state index >= 15 is 0 Å². The van der Waals surface area contributed by atoms with Crippen LogP contribution < -0.4 is 10.1 Å². The van der Waals surface area contributed by atoms with E-state index < -0.39 is 23.8 Å². The monoisotopic (exact) mass is 307 g/mol. The molecule has 1 atom stereocenters. The number of ether oxygens (including phenoxy) is 1. The topological polar surface area (TPSA) is 38.3 Å². The van der Waals surface area contributed by atoms with Crippen LogP contribution >= 0.6 is 0 Å². The molecule has 0 radical (unpaired) electrons. The maximum absolute atomic E-state index is 13.6. The van der Waals surface area contributed by atoms with Crippen molar-refractivity contribution < 1.29 is 27.1 Å². The molecule has 0 heterocycles. The van der Waals surface area contributed by atoms with E-state index in [1.165, 1.54) is 13.0 Å². The van der Waals surface area contributed by atoms with Crippen LogP contribution in [0.25, 0.3) is 0 Å². The number of hydrogen-bond acceptors (Lipinski definition) is 3. The highest BCUT2D eigenvalue weighted by atomic mass is 19.4. The summed E-state index contributed by atoms with van der Waals surface area (Å²) in [6.45, 7) is 5.41. The number of carbonyl (C=O) groups is 1. The number of nitrogens with one attached hydrogen (secondary N) is 1. The van der Waals surface area contributed by atoms with Crippen molar-refractivity contribution in [3.8, 4) is 5.75 Å². The minimum Gasteiger partial charge on any atom is -0.403 e. The van der Waals surface area contributed by atoms with Crippen LogP contribution in [0.1, 0.15) is 32.3 Å². The molecule has 1 rings (SSSR count). The molecule has 1 unspecified atom stereocenters. The maximum Gasteiger partial charge on any atom is 0.573 e. The molecular weight excluding hydrogens is 290 g/mol. The Kier molecular flexibility index (Phi) is 5.71. The molecule has 7 heteroatoms. The van der Waals surface area contributed by atoms with E-state index in [-0.39, 0.29) is 18.4 Å². The predicted molar refractivity (Wildman–Crippen MR) is 69.6 cm³/mol. The third kappa shape index (κ3) is 5.71. The van der Waals surface area contributed by atoms with Crippen molar-refractivity contribution in [3.63, 3.8) is 0 Å². The zero-order valence-electron chi connectivity index (χ0n) is 11.9. The van der Waals surface area contributed by atoms with Crippen molar-refractivity contribution in [2.75, 3.05) is 6.54 Å². The summed E-state index contributed by atoms with van der Waals surface area (Å²) in [6, 6.07) is 3.17. The molecule has 1 aromatic rings. The van der Waals surface area contributed by atoms with Crippen LogP contribution in [0.3, 0.4) is 0 Å². The third-order valence-electron chi connectivity index (χ3n) is 2.80. The molecule has 21 heavy (non-hydrogen) atoms. The van der Waals surface area contributed by atoms with E-state index in [0.29, 0.717) is 5.56 Å². The first-order valence-corrected chi connectivity index (χ1v) is 6.39. The van der Waals surface area contributed by atoms with Gasteiger partial charge in [0.05, 0.1) is 5.92 Å². The maximum atomic E-state index is 13.6. The fraction of sp³-hybridized carbons (Fsp3) is 0.500. The average Bonchev–Trinajstić information content (AvgIpc) is 2.30. The van der Waals surface area contributed by atoms with Crippen LogP contribution in [0.5, 0.6) is 5.75 Å². The predicted octanol–water partition coefficient (Wildman–Crippen LogP) is 3.39. The number of hydrogen-bond donors (Lipinski definition) is 1. The number of alkyl halides is 3. The van der Waals surface area contributed by atoms with Crippen LogP contribution in [0.4, 0.5) is 17.6 Å². The van der Waals surface area contributed by atoms with E-state index in [4.69, 9.17) is 0 Å². The van der Waals surface area contributed by atoms with E-state index in [0.717, 1.165) is 12.1 Å². The Labute approximate surface area is 120 Å². The summed E-state index contributed by atoms with van der Waals surface area (Å²) in [5, 5.41) is 3.04. The lowest BCUT2D eigenvalue weighted by atomic mass is 9.95. The standard InChI is InChI=1S/C14H17F4NO2/c1-8(2)19-7-11(9(3)20)10-4-5-13(12(15)6-10)21-14(16,17)18/h4-6,8,11,19H,7H2,1-3H3. The van der Waals surface area contributed by atoms with Crippen LogP contribution in [-0.2, 0) is 4.79 Å². The molecule has 0 saturated carbocycles. The molecule has 0 aliphatic carbocycles. The lowest BCUT2D eigenvalue weighted by Gasteiger charge is -2.18. The number of halogens is 4.